The molecule has 1 N–H and O–H groups in total. The molecule has 0 amide bonds. The lowest BCUT2D eigenvalue weighted by atomic mass is 10.1. The van der Waals surface area contributed by atoms with Gasteiger partial charge in [0.1, 0.15) is 0 Å². The monoisotopic (exact) mass is 419 g/mol. The highest BCUT2D eigenvalue weighted by Crippen LogP contribution is 2.30. The number of para-hydroxylation sites is 1. The molecule has 3 heterocycles. The van der Waals surface area contributed by atoms with Gasteiger partial charge in [0.15, 0.2) is 15.6 Å². The molecule has 148 valence electrons. The van der Waals surface area contributed by atoms with Gasteiger partial charge in [0.25, 0.3) is 5.22 Å². The zero-order chi connectivity index (χ0) is 19.9. The van der Waals surface area contributed by atoms with E-state index >= 15 is 0 Å². The number of aromatic nitrogens is 3. The van der Waals surface area contributed by atoms with Crippen molar-refractivity contribution in [2.45, 2.75) is 37.2 Å². The number of carbonyl (C=O) groups excluding carboxylic acids is 1. The Morgan fingerprint density at radius 2 is 2.14 bits per heavy atom. The molecule has 0 bridgehead atoms. The van der Waals surface area contributed by atoms with Crippen molar-refractivity contribution in [3.63, 3.8) is 0 Å². The number of rotatable bonds is 6. The second-order valence-electron chi connectivity index (χ2n) is 7.23. The van der Waals surface area contributed by atoms with Gasteiger partial charge >= 0.3 is 0 Å². The molecule has 7 nitrogen and oxygen atoms in total. The minimum atomic E-state index is -2.93. The molecule has 9 heteroatoms. The first-order valence-electron chi connectivity index (χ1n) is 9.13. The van der Waals surface area contributed by atoms with Crippen LogP contribution in [0.4, 0.5) is 0 Å². The van der Waals surface area contributed by atoms with Gasteiger partial charge < -0.3 is 9.40 Å². The maximum Gasteiger partial charge on any atom is 0.277 e. The molecule has 0 saturated carbocycles. The summed E-state index contributed by atoms with van der Waals surface area (Å²) in [6.07, 6.45) is 1.08. The van der Waals surface area contributed by atoms with Crippen molar-refractivity contribution < 1.29 is 17.6 Å². The molecule has 2 atom stereocenters. The SMILES string of the molecule is Cc1[nH]c2ccccc2c1C(=O)[C@@H](C)Sc1nnc(C[C@@H]2CCS(=O)(=O)C2)o1. The van der Waals surface area contributed by atoms with Gasteiger partial charge in [0, 0.05) is 28.6 Å². The third-order valence-corrected chi connectivity index (χ3v) is 7.80. The fourth-order valence-corrected chi connectivity index (χ4v) is 6.27. The van der Waals surface area contributed by atoms with E-state index in [-0.39, 0.29) is 23.2 Å². The van der Waals surface area contributed by atoms with E-state index in [1.54, 1.807) is 0 Å². The van der Waals surface area contributed by atoms with Crippen molar-refractivity contribution in [2.75, 3.05) is 11.5 Å². The lowest BCUT2D eigenvalue weighted by molar-refractivity contribution is 0.0994. The van der Waals surface area contributed by atoms with E-state index in [4.69, 9.17) is 4.42 Å². The van der Waals surface area contributed by atoms with Crippen LogP contribution in [-0.4, -0.2) is 46.1 Å². The molecule has 1 aromatic carbocycles. The van der Waals surface area contributed by atoms with Crippen LogP contribution in [0, 0.1) is 12.8 Å². The second-order valence-corrected chi connectivity index (χ2v) is 10.8. The number of fused-ring (bicyclic) bond motifs is 1. The average Bonchev–Trinajstić information content (AvgIpc) is 3.31. The highest BCUT2D eigenvalue weighted by atomic mass is 32.2. The number of hydrogen-bond donors (Lipinski definition) is 1. The minimum absolute atomic E-state index is 0.00147. The molecular weight excluding hydrogens is 398 g/mol. The van der Waals surface area contributed by atoms with E-state index in [1.165, 1.54) is 11.8 Å². The van der Waals surface area contributed by atoms with Crippen LogP contribution in [0.15, 0.2) is 33.9 Å². The number of aryl methyl sites for hydroxylation is 1. The summed E-state index contributed by atoms with van der Waals surface area (Å²) in [5.74, 6) is 0.848. The van der Waals surface area contributed by atoms with Crippen LogP contribution in [0.2, 0.25) is 0 Å². The predicted molar refractivity (Wildman–Crippen MR) is 107 cm³/mol. The summed E-state index contributed by atoms with van der Waals surface area (Å²) in [5.41, 5.74) is 2.46. The average molecular weight is 420 g/mol. The number of nitrogens with zero attached hydrogens (tertiary/aromatic N) is 2. The number of nitrogens with one attached hydrogen (secondary N) is 1. The van der Waals surface area contributed by atoms with Gasteiger partial charge in [-0.1, -0.05) is 30.0 Å². The van der Waals surface area contributed by atoms with Crippen LogP contribution >= 0.6 is 11.8 Å². The van der Waals surface area contributed by atoms with E-state index in [9.17, 15) is 13.2 Å². The molecule has 1 aliphatic rings. The second kappa shape index (κ2) is 7.36. The Morgan fingerprint density at radius 3 is 2.89 bits per heavy atom. The lowest BCUT2D eigenvalue weighted by Crippen LogP contribution is -2.14. The molecule has 0 spiro atoms. The van der Waals surface area contributed by atoms with Crippen LogP contribution in [0.3, 0.4) is 0 Å². The Kier molecular flexibility index (Phi) is 5.05. The first kappa shape index (κ1) is 19.2. The summed E-state index contributed by atoms with van der Waals surface area (Å²) in [5, 5.41) is 8.89. The normalized spacial score (nSPS) is 19.9. The van der Waals surface area contributed by atoms with Crippen molar-refractivity contribution in [3.8, 4) is 0 Å². The standard InChI is InChI=1S/C19H21N3O4S2/c1-11-17(14-5-3-4-6-15(14)20-11)18(23)12(2)27-19-22-21-16(26-19)9-13-7-8-28(24,25)10-13/h3-6,12-13,20H,7-10H2,1-2H3/t12-,13+/m1/s1. The Hall–Kier alpha value is -2.13. The summed E-state index contributed by atoms with van der Waals surface area (Å²) < 4.78 is 28.8. The Labute approximate surface area is 167 Å². The zero-order valence-corrected chi connectivity index (χ0v) is 17.3. The molecule has 2 aromatic heterocycles. The van der Waals surface area contributed by atoms with Crippen molar-refractivity contribution in [1.82, 2.24) is 15.2 Å². The van der Waals surface area contributed by atoms with E-state index in [0.29, 0.717) is 29.5 Å². The topological polar surface area (TPSA) is 106 Å². The summed E-state index contributed by atoms with van der Waals surface area (Å²) in [6.45, 7) is 3.71. The minimum Gasteiger partial charge on any atom is -0.416 e. The lowest BCUT2D eigenvalue weighted by Gasteiger charge is -2.08. The van der Waals surface area contributed by atoms with Crippen LogP contribution < -0.4 is 0 Å². The molecule has 1 aliphatic heterocycles. The van der Waals surface area contributed by atoms with Gasteiger partial charge in [0.05, 0.1) is 16.8 Å². The number of sulfone groups is 1. The number of benzene rings is 1. The van der Waals surface area contributed by atoms with Crippen LogP contribution in [0.25, 0.3) is 10.9 Å². The molecule has 0 aliphatic carbocycles. The number of aromatic amines is 1. The third-order valence-electron chi connectivity index (χ3n) is 5.03. The van der Waals surface area contributed by atoms with Gasteiger partial charge in [-0.25, -0.2) is 8.42 Å². The van der Waals surface area contributed by atoms with Gasteiger partial charge in [-0.05, 0) is 32.3 Å². The van der Waals surface area contributed by atoms with E-state index in [0.717, 1.165) is 16.6 Å². The van der Waals surface area contributed by atoms with Gasteiger partial charge in [0.2, 0.25) is 5.89 Å². The zero-order valence-electron chi connectivity index (χ0n) is 15.6. The number of ketones is 1. The molecular formula is C19H21N3O4S2. The number of H-pyrrole nitrogens is 1. The highest BCUT2D eigenvalue weighted by Gasteiger charge is 2.30. The fourth-order valence-electron chi connectivity index (χ4n) is 3.65. The maximum atomic E-state index is 13.0. The van der Waals surface area contributed by atoms with Crippen LogP contribution in [0.5, 0.6) is 0 Å². The molecule has 4 rings (SSSR count). The number of carbonyl (C=O) groups is 1. The summed E-state index contributed by atoms with van der Waals surface area (Å²) in [6, 6.07) is 7.73. The summed E-state index contributed by atoms with van der Waals surface area (Å²) in [4.78, 5) is 16.3. The Morgan fingerprint density at radius 1 is 1.36 bits per heavy atom. The number of thioether (sulfide) groups is 1. The van der Waals surface area contributed by atoms with Gasteiger partial charge in [-0.15, -0.1) is 10.2 Å². The Balaban J connectivity index is 1.45. The van der Waals surface area contributed by atoms with Crippen LogP contribution in [0.1, 0.15) is 35.3 Å². The third kappa shape index (κ3) is 3.86. The molecule has 1 saturated heterocycles. The number of hydrogen-bond acceptors (Lipinski definition) is 7. The molecule has 28 heavy (non-hydrogen) atoms. The van der Waals surface area contributed by atoms with Crippen LogP contribution in [-0.2, 0) is 16.3 Å². The smallest absolute Gasteiger partial charge is 0.277 e. The molecule has 0 unspecified atom stereocenters. The Bertz CT molecular complexity index is 1130. The van der Waals surface area contributed by atoms with E-state index in [2.05, 4.69) is 15.2 Å². The molecule has 0 radical (unpaired) electrons. The molecule has 1 fully saturated rings. The largest absolute Gasteiger partial charge is 0.416 e. The van der Waals surface area contributed by atoms with Crippen molar-refractivity contribution in [1.29, 1.82) is 0 Å². The fraction of sp³-hybridized carbons (Fsp3) is 0.421. The summed E-state index contributed by atoms with van der Waals surface area (Å²) >= 11 is 1.22. The summed E-state index contributed by atoms with van der Waals surface area (Å²) in [7, 11) is -2.93. The predicted octanol–water partition coefficient (Wildman–Crippen LogP) is 3.20. The van der Waals surface area contributed by atoms with Gasteiger partial charge in [-0.2, -0.15) is 0 Å². The number of Topliss-reactive ketones (excluding diaryl/α,β-unsaturated/α-hetero) is 1. The maximum absolute atomic E-state index is 13.0. The van der Waals surface area contributed by atoms with E-state index < -0.39 is 15.1 Å². The van der Waals surface area contributed by atoms with Crippen molar-refractivity contribution in [3.05, 3.63) is 41.4 Å². The quantitative estimate of drug-likeness (QED) is 0.483. The first-order chi connectivity index (χ1) is 13.3. The van der Waals surface area contributed by atoms with Gasteiger partial charge in [-0.3, -0.25) is 4.79 Å². The van der Waals surface area contributed by atoms with Crippen molar-refractivity contribution in [2.24, 2.45) is 5.92 Å². The van der Waals surface area contributed by atoms with E-state index in [1.807, 2.05) is 38.1 Å². The molecule has 3 aromatic rings. The first-order valence-corrected chi connectivity index (χ1v) is 11.8. The van der Waals surface area contributed by atoms with Crippen molar-refractivity contribution >= 4 is 38.3 Å². The highest BCUT2D eigenvalue weighted by molar-refractivity contribution is 8.00.